The molecule has 0 fully saturated rings. The molecular weight excluding hydrogens is 168 g/mol. The van der Waals surface area contributed by atoms with Gasteiger partial charge in [0.15, 0.2) is 0 Å². The molecule has 0 amide bonds. The van der Waals surface area contributed by atoms with Crippen LogP contribution in [0.2, 0.25) is 0 Å². The maximum atomic E-state index is 8.36. The van der Waals surface area contributed by atoms with E-state index in [9.17, 15) is 0 Å². The van der Waals surface area contributed by atoms with Crippen molar-refractivity contribution in [3.05, 3.63) is 20.2 Å². The summed E-state index contributed by atoms with van der Waals surface area (Å²) in [6.45, 7) is -0.750. The zero-order valence-corrected chi connectivity index (χ0v) is 5.02. The fraction of sp³-hybridized carbons (Fsp3) is 1.00. The van der Waals surface area contributed by atoms with Gasteiger partial charge in [-0.25, -0.2) is 0 Å². The number of hydrogen-bond donors (Lipinski definition) is 4. The average Bonchev–Trinajstić information content (AvgIpc) is 1.60. The number of aliphatic hydroxyl groups excluding tert-OH is 1. The van der Waals surface area contributed by atoms with Crippen LogP contribution in [-0.4, -0.2) is 37.6 Å². The van der Waals surface area contributed by atoms with Crippen LogP contribution in [-0.2, 0) is 0 Å². The van der Waals surface area contributed by atoms with Crippen molar-refractivity contribution in [1.29, 1.82) is 0 Å². The van der Waals surface area contributed by atoms with Crippen molar-refractivity contribution in [2.24, 2.45) is 0 Å². The normalized spacial score (nSPS) is 6.00. The molecule has 10 nitrogen and oxygen atoms in total. The molecule has 10 heteroatoms. The zero-order chi connectivity index (χ0) is 9.86. The van der Waals surface area contributed by atoms with Crippen molar-refractivity contribution in [3.63, 3.8) is 0 Å². The molecule has 0 saturated carbocycles. The highest BCUT2D eigenvalue weighted by Gasteiger charge is 1.65. The molecule has 68 valence electrons. The SMILES string of the molecule is O=[N+]([O-])O.O=[N+]([O-])O.OCO. The van der Waals surface area contributed by atoms with E-state index in [-0.39, 0.29) is 0 Å². The Labute approximate surface area is 59.1 Å². The van der Waals surface area contributed by atoms with Crippen LogP contribution in [0.3, 0.4) is 0 Å². The second-order valence-electron chi connectivity index (χ2n) is 0.617. The third-order valence-corrected chi connectivity index (χ3v) is 0. The molecule has 0 heterocycles. The summed E-state index contributed by atoms with van der Waals surface area (Å²) >= 11 is 0. The van der Waals surface area contributed by atoms with Crippen LogP contribution in [0.4, 0.5) is 0 Å². The Morgan fingerprint density at radius 3 is 1.00 bits per heavy atom. The molecule has 0 saturated heterocycles. The Balaban J connectivity index is -0.0000000886. The molecule has 0 rings (SSSR count). The lowest BCUT2D eigenvalue weighted by molar-refractivity contribution is -0.742. The molecule has 0 aromatic carbocycles. The van der Waals surface area contributed by atoms with Crippen LogP contribution in [0.25, 0.3) is 0 Å². The first kappa shape index (κ1) is 16.2. The number of rotatable bonds is 0. The van der Waals surface area contributed by atoms with E-state index in [0.717, 1.165) is 0 Å². The van der Waals surface area contributed by atoms with Gasteiger partial charge in [0.25, 0.3) is 10.2 Å². The van der Waals surface area contributed by atoms with Crippen LogP contribution in [0.5, 0.6) is 0 Å². The summed E-state index contributed by atoms with van der Waals surface area (Å²) in [6.07, 6.45) is 0. The van der Waals surface area contributed by atoms with Crippen molar-refractivity contribution in [2.45, 2.75) is 0 Å². The fourth-order valence-electron chi connectivity index (χ4n) is 0. The number of nitrogens with zero attached hydrogens (tertiary/aromatic N) is 2. The highest BCUT2D eigenvalue weighted by Crippen LogP contribution is 1.38. The third-order valence-electron chi connectivity index (χ3n) is 0. The zero-order valence-electron chi connectivity index (χ0n) is 5.02. The summed E-state index contributed by atoms with van der Waals surface area (Å²) in [7, 11) is 0. The van der Waals surface area contributed by atoms with Crippen molar-refractivity contribution in [1.82, 2.24) is 0 Å². The molecule has 11 heavy (non-hydrogen) atoms. The van der Waals surface area contributed by atoms with E-state index in [2.05, 4.69) is 0 Å². The highest BCUT2D eigenvalue weighted by molar-refractivity contribution is 3.83. The first-order valence-corrected chi connectivity index (χ1v) is 1.76. The lowest BCUT2D eigenvalue weighted by Gasteiger charge is -1.56. The van der Waals surface area contributed by atoms with Gasteiger partial charge in [-0.15, -0.1) is 20.2 Å². The van der Waals surface area contributed by atoms with E-state index >= 15 is 0 Å². The van der Waals surface area contributed by atoms with E-state index < -0.39 is 17.0 Å². The van der Waals surface area contributed by atoms with Crippen LogP contribution in [0.1, 0.15) is 0 Å². The van der Waals surface area contributed by atoms with Gasteiger partial charge in [-0.05, 0) is 0 Å². The summed E-state index contributed by atoms with van der Waals surface area (Å²) in [6, 6.07) is 0. The predicted molar refractivity (Wildman–Crippen MR) is 26.9 cm³/mol. The second kappa shape index (κ2) is 15.8. The maximum Gasteiger partial charge on any atom is 0.291 e. The molecule has 0 spiro atoms. The fourth-order valence-corrected chi connectivity index (χ4v) is 0. The second-order valence-corrected chi connectivity index (χ2v) is 0.617. The Hall–Kier alpha value is -1.68. The minimum atomic E-state index is -1.50. The number of aliphatic hydroxyl groups is 2. The predicted octanol–water partition coefficient (Wildman–Crippen LogP) is -1.77. The molecule has 0 aromatic rings. The van der Waals surface area contributed by atoms with Crippen LogP contribution in [0, 0.1) is 20.2 Å². The molecule has 0 aliphatic carbocycles. The molecule has 0 radical (unpaired) electrons. The quantitative estimate of drug-likeness (QED) is 0.190. The Kier molecular flexibility index (Phi) is 23.1. The van der Waals surface area contributed by atoms with Crippen LogP contribution in [0.15, 0.2) is 0 Å². The minimum absolute atomic E-state index is 0.750. The van der Waals surface area contributed by atoms with Gasteiger partial charge in [0.1, 0.15) is 6.79 Å². The van der Waals surface area contributed by atoms with E-state index in [1.54, 1.807) is 0 Å². The van der Waals surface area contributed by atoms with Gasteiger partial charge in [-0.1, -0.05) is 0 Å². The molecule has 0 atom stereocenters. The summed E-state index contributed by atoms with van der Waals surface area (Å²) in [5.41, 5.74) is 0. The van der Waals surface area contributed by atoms with Gasteiger partial charge in [-0.2, -0.15) is 0 Å². The third kappa shape index (κ3) is 118. The average molecular weight is 174 g/mol. The monoisotopic (exact) mass is 174 g/mol. The molecule has 0 aliphatic rings. The largest absolute Gasteiger partial charge is 0.371 e. The summed E-state index contributed by atoms with van der Waals surface area (Å²) in [5, 5.41) is 41.5. The van der Waals surface area contributed by atoms with Gasteiger partial charge >= 0.3 is 0 Å². The van der Waals surface area contributed by atoms with E-state index in [4.69, 9.17) is 40.9 Å². The van der Waals surface area contributed by atoms with Gasteiger partial charge in [0.2, 0.25) is 0 Å². The molecule has 0 unspecified atom stereocenters. The van der Waals surface area contributed by atoms with Crippen molar-refractivity contribution in [2.75, 3.05) is 6.79 Å². The van der Waals surface area contributed by atoms with Crippen LogP contribution < -0.4 is 0 Å². The molecule has 4 N–H and O–H groups in total. The molecule has 0 bridgehead atoms. The first-order chi connectivity index (χ1) is 4.88. The molecule has 0 aromatic heterocycles. The van der Waals surface area contributed by atoms with Gasteiger partial charge in [0.05, 0.1) is 0 Å². The smallest absolute Gasteiger partial charge is 0.291 e. The Bertz CT molecular complexity index is 80.3. The van der Waals surface area contributed by atoms with Gasteiger partial charge in [-0.3, -0.25) is 0 Å². The van der Waals surface area contributed by atoms with Crippen molar-refractivity contribution < 1.29 is 30.8 Å². The van der Waals surface area contributed by atoms with E-state index in [1.165, 1.54) is 0 Å². The molecule has 0 aliphatic heterocycles. The van der Waals surface area contributed by atoms with Gasteiger partial charge < -0.3 is 20.6 Å². The summed E-state index contributed by atoms with van der Waals surface area (Å²) < 4.78 is 0. The summed E-state index contributed by atoms with van der Waals surface area (Å²) in [4.78, 5) is 16.7. The topological polar surface area (TPSA) is 167 Å². The van der Waals surface area contributed by atoms with Crippen molar-refractivity contribution >= 4 is 0 Å². The minimum Gasteiger partial charge on any atom is -0.371 e. The van der Waals surface area contributed by atoms with E-state index in [1.807, 2.05) is 0 Å². The van der Waals surface area contributed by atoms with E-state index in [0.29, 0.717) is 0 Å². The highest BCUT2D eigenvalue weighted by atomic mass is 16.9. The molecular formula is CH6N2O8. The maximum absolute atomic E-state index is 8.36. The van der Waals surface area contributed by atoms with Gasteiger partial charge in [0, 0.05) is 0 Å². The van der Waals surface area contributed by atoms with Crippen molar-refractivity contribution in [3.8, 4) is 0 Å². The first-order valence-electron chi connectivity index (χ1n) is 1.76. The standard InChI is InChI=1S/CH4O2.2HNO3/c2-1-3;2*2-1(3)4/h2-3H,1H2;2*(H,2,3,4). The lowest BCUT2D eigenvalue weighted by atomic mass is 11.6. The van der Waals surface area contributed by atoms with Crippen LogP contribution >= 0.6 is 0 Å². The lowest BCUT2D eigenvalue weighted by Crippen LogP contribution is -1.81. The Morgan fingerprint density at radius 1 is 1.00 bits per heavy atom. The summed E-state index contributed by atoms with van der Waals surface area (Å²) in [5.74, 6) is 0. The number of hydrogen-bond acceptors (Lipinski definition) is 6. The Morgan fingerprint density at radius 2 is 1.00 bits per heavy atom.